The van der Waals surface area contributed by atoms with Gasteiger partial charge in [0, 0.05) is 24.5 Å². The predicted octanol–water partition coefficient (Wildman–Crippen LogP) is 3.69. The average Bonchev–Trinajstić information content (AvgIpc) is 3.23. The lowest BCUT2D eigenvalue weighted by Crippen LogP contribution is -2.29. The van der Waals surface area contributed by atoms with Gasteiger partial charge < -0.3 is 10.2 Å². The van der Waals surface area contributed by atoms with Crippen LogP contribution in [-0.4, -0.2) is 45.0 Å². The van der Waals surface area contributed by atoms with Crippen molar-refractivity contribution in [2.24, 2.45) is 0 Å². The quantitative estimate of drug-likeness (QED) is 0.627. The fourth-order valence-electron chi connectivity index (χ4n) is 3.35. The number of anilines is 2. The molecule has 1 amide bonds. The summed E-state index contributed by atoms with van der Waals surface area (Å²) < 4.78 is 1.64. The van der Waals surface area contributed by atoms with Crippen molar-refractivity contribution in [1.82, 2.24) is 20.2 Å². The summed E-state index contributed by atoms with van der Waals surface area (Å²) in [5.41, 5.74) is 4.06. The molecule has 1 N–H and O–H groups in total. The first-order chi connectivity index (χ1) is 14.2. The fourth-order valence-corrected chi connectivity index (χ4v) is 4.04. The lowest BCUT2D eigenvalue weighted by molar-refractivity contribution is -0.113. The number of tetrazole rings is 1. The number of benzene rings is 2. The van der Waals surface area contributed by atoms with Gasteiger partial charge in [-0.3, -0.25) is 4.79 Å². The zero-order valence-electron chi connectivity index (χ0n) is 16.4. The Hall–Kier alpha value is -2.87. The van der Waals surface area contributed by atoms with E-state index in [0.717, 1.165) is 24.5 Å². The van der Waals surface area contributed by atoms with Gasteiger partial charge in [-0.05, 0) is 73.0 Å². The van der Waals surface area contributed by atoms with Crippen molar-refractivity contribution in [3.8, 4) is 5.69 Å². The molecule has 7 nitrogen and oxygen atoms in total. The van der Waals surface area contributed by atoms with Crippen LogP contribution < -0.4 is 10.2 Å². The van der Waals surface area contributed by atoms with Gasteiger partial charge in [0.2, 0.25) is 11.1 Å². The van der Waals surface area contributed by atoms with E-state index in [2.05, 4.69) is 37.9 Å². The van der Waals surface area contributed by atoms with Gasteiger partial charge in [-0.25, -0.2) is 0 Å². The summed E-state index contributed by atoms with van der Waals surface area (Å²) in [7, 11) is 0. The van der Waals surface area contributed by atoms with Crippen LogP contribution in [0.5, 0.6) is 0 Å². The SMILES string of the molecule is Cc1ccc(-n2nnnc2SCC(=O)Nc2ccc(N3CCCCC3)cc2)cc1. The van der Waals surface area contributed by atoms with Gasteiger partial charge in [-0.15, -0.1) is 5.10 Å². The van der Waals surface area contributed by atoms with Gasteiger partial charge in [0.1, 0.15) is 0 Å². The first kappa shape index (κ1) is 19.4. The molecule has 1 aliphatic heterocycles. The predicted molar refractivity (Wildman–Crippen MR) is 116 cm³/mol. The Kier molecular flexibility index (Phi) is 6.09. The standard InChI is InChI=1S/C21H24N6OS/c1-16-5-9-19(10-6-16)27-21(23-24-25-27)29-15-20(28)22-17-7-11-18(12-8-17)26-13-3-2-4-14-26/h5-12H,2-4,13-15H2,1H3,(H,22,28). The van der Waals surface area contributed by atoms with E-state index < -0.39 is 0 Å². The highest BCUT2D eigenvalue weighted by Gasteiger charge is 2.13. The van der Waals surface area contributed by atoms with Gasteiger partial charge in [0.15, 0.2) is 0 Å². The number of piperidine rings is 1. The minimum atomic E-state index is -0.0841. The van der Waals surface area contributed by atoms with Gasteiger partial charge in [-0.1, -0.05) is 29.5 Å². The van der Waals surface area contributed by atoms with E-state index in [1.54, 1.807) is 4.68 Å². The van der Waals surface area contributed by atoms with Gasteiger partial charge in [-0.2, -0.15) is 4.68 Å². The maximum atomic E-state index is 12.4. The van der Waals surface area contributed by atoms with Crippen LogP contribution in [0, 0.1) is 6.92 Å². The van der Waals surface area contributed by atoms with Crippen molar-refractivity contribution in [2.75, 3.05) is 29.1 Å². The number of hydrogen-bond donors (Lipinski definition) is 1. The third-order valence-corrected chi connectivity index (χ3v) is 5.84. The maximum absolute atomic E-state index is 12.4. The molecular weight excluding hydrogens is 384 g/mol. The summed E-state index contributed by atoms with van der Waals surface area (Å²) in [5, 5.41) is 15.3. The number of amides is 1. The van der Waals surface area contributed by atoms with Crippen LogP contribution in [-0.2, 0) is 4.79 Å². The Morgan fingerprint density at radius 1 is 1.00 bits per heavy atom. The summed E-state index contributed by atoms with van der Waals surface area (Å²) in [5.74, 6) is 0.152. The van der Waals surface area contributed by atoms with E-state index in [4.69, 9.17) is 0 Å². The third-order valence-electron chi connectivity index (χ3n) is 4.92. The summed E-state index contributed by atoms with van der Waals surface area (Å²) in [6.45, 7) is 4.25. The molecule has 4 rings (SSSR count). The molecule has 0 atom stereocenters. The number of carbonyl (C=O) groups is 1. The van der Waals surface area contributed by atoms with Crippen molar-refractivity contribution in [3.05, 3.63) is 54.1 Å². The summed E-state index contributed by atoms with van der Waals surface area (Å²) >= 11 is 1.31. The van der Waals surface area contributed by atoms with Crippen LogP contribution in [0.25, 0.3) is 5.69 Å². The molecule has 1 fully saturated rings. The van der Waals surface area contributed by atoms with Crippen molar-refractivity contribution in [2.45, 2.75) is 31.3 Å². The van der Waals surface area contributed by atoms with E-state index in [0.29, 0.717) is 5.16 Å². The highest BCUT2D eigenvalue weighted by molar-refractivity contribution is 7.99. The molecule has 1 aliphatic rings. The van der Waals surface area contributed by atoms with Gasteiger partial charge >= 0.3 is 0 Å². The fraction of sp³-hybridized carbons (Fsp3) is 0.333. The molecule has 0 radical (unpaired) electrons. The number of nitrogens with one attached hydrogen (secondary N) is 1. The maximum Gasteiger partial charge on any atom is 0.234 e. The van der Waals surface area contributed by atoms with Crippen molar-refractivity contribution in [1.29, 1.82) is 0 Å². The summed E-state index contributed by atoms with van der Waals surface area (Å²) in [6, 6.07) is 16.0. The molecular formula is C21H24N6OS. The van der Waals surface area contributed by atoms with Gasteiger partial charge in [0.05, 0.1) is 11.4 Å². The number of thioether (sulfide) groups is 1. The molecule has 0 unspecified atom stereocenters. The zero-order chi connectivity index (χ0) is 20.1. The highest BCUT2D eigenvalue weighted by Crippen LogP contribution is 2.23. The Morgan fingerprint density at radius 2 is 1.69 bits per heavy atom. The monoisotopic (exact) mass is 408 g/mol. The minimum Gasteiger partial charge on any atom is -0.372 e. The third kappa shape index (κ3) is 4.95. The topological polar surface area (TPSA) is 75.9 Å². The second-order valence-corrected chi connectivity index (χ2v) is 8.08. The zero-order valence-corrected chi connectivity index (χ0v) is 17.2. The Balaban J connectivity index is 1.33. The van der Waals surface area contributed by atoms with Crippen LogP contribution >= 0.6 is 11.8 Å². The van der Waals surface area contributed by atoms with Crippen LogP contribution in [0.15, 0.2) is 53.7 Å². The molecule has 0 saturated carbocycles. The normalized spacial score (nSPS) is 14.0. The van der Waals surface area contributed by atoms with E-state index >= 15 is 0 Å². The molecule has 8 heteroatoms. The molecule has 1 aromatic heterocycles. The van der Waals surface area contributed by atoms with Crippen LogP contribution in [0.4, 0.5) is 11.4 Å². The molecule has 29 heavy (non-hydrogen) atoms. The lowest BCUT2D eigenvalue weighted by Gasteiger charge is -2.28. The van der Waals surface area contributed by atoms with Crippen LogP contribution in [0.1, 0.15) is 24.8 Å². The second kappa shape index (κ2) is 9.09. The molecule has 2 heterocycles. The second-order valence-electron chi connectivity index (χ2n) is 7.14. The Labute approximate surface area is 174 Å². The average molecular weight is 409 g/mol. The molecule has 3 aromatic rings. The minimum absolute atomic E-state index is 0.0841. The Morgan fingerprint density at radius 3 is 2.41 bits per heavy atom. The number of rotatable bonds is 6. The number of aromatic nitrogens is 4. The number of aryl methyl sites for hydroxylation is 1. The molecule has 1 saturated heterocycles. The van der Waals surface area contributed by atoms with Crippen molar-refractivity contribution < 1.29 is 4.79 Å². The molecule has 0 spiro atoms. The summed E-state index contributed by atoms with van der Waals surface area (Å²) in [6.07, 6.45) is 3.81. The lowest BCUT2D eigenvalue weighted by atomic mass is 10.1. The van der Waals surface area contributed by atoms with Crippen molar-refractivity contribution >= 4 is 29.0 Å². The van der Waals surface area contributed by atoms with E-state index in [9.17, 15) is 4.79 Å². The molecule has 0 bridgehead atoms. The molecule has 2 aromatic carbocycles. The van der Waals surface area contributed by atoms with E-state index in [1.807, 2.05) is 43.3 Å². The number of carbonyl (C=O) groups excluding carboxylic acids is 1. The first-order valence-electron chi connectivity index (χ1n) is 9.82. The largest absolute Gasteiger partial charge is 0.372 e. The van der Waals surface area contributed by atoms with Gasteiger partial charge in [0.25, 0.3) is 0 Å². The highest BCUT2D eigenvalue weighted by atomic mass is 32.2. The Bertz CT molecular complexity index is 948. The van der Waals surface area contributed by atoms with Crippen LogP contribution in [0.3, 0.4) is 0 Å². The van der Waals surface area contributed by atoms with E-state index in [1.165, 1.54) is 42.3 Å². The van der Waals surface area contributed by atoms with Crippen molar-refractivity contribution in [3.63, 3.8) is 0 Å². The molecule has 0 aliphatic carbocycles. The smallest absolute Gasteiger partial charge is 0.234 e. The van der Waals surface area contributed by atoms with E-state index in [-0.39, 0.29) is 11.7 Å². The van der Waals surface area contributed by atoms with Crippen LogP contribution in [0.2, 0.25) is 0 Å². The number of hydrogen-bond acceptors (Lipinski definition) is 6. The summed E-state index contributed by atoms with van der Waals surface area (Å²) in [4.78, 5) is 14.8. The number of nitrogens with zero attached hydrogens (tertiary/aromatic N) is 5. The molecule has 150 valence electrons. The first-order valence-corrected chi connectivity index (χ1v) is 10.8.